The van der Waals surface area contributed by atoms with Gasteiger partial charge < -0.3 is 19.9 Å². The molecule has 0 saturated carbocycles. The van der Waals surface area contributed by atoms with Crippen LogP contribution in [0.3, 0.4) is 0 Å². The van der Waals surface area contributed by atoms with E-state index in [0.29, 0.717) is 31.9 Å². The van der Waals surface area contributed by atoms with Crippen molar-refractivity contribution in [2.24, 2.45) is 0 Å². The number of morpholine rings is 1. The lowest BCUT2D eigenvalue weighted by atomic mass is 10.1. The van der Waals surface area contributed by atoms with E-state index in [4.69, 9.17) is 11.2 Å². The highest BCUT2D eigenvalue weighted by Gasteiger charge is 2.22. The summed E-state index contributed by atoms with van der Waals surface area (Å²) in [5.41, 5.74) is 3.34. The Morgan fingerprint density at radius 2 is 1.90 bits per heavy atom. The number of carbonyl (C=O) groups is 2. The Hall–Kier alpha value is -3.30. The largest absolute Gasteiger partial charge is 0.378 e. The van der Waals surface area contributed by atoms with Crippen LogP contribution in [0, 0.1) is 12.3 Å². The Morgan fingerprint density at radius 1 is 1.13 bits per heavy atom. The van der Waals surface area contributed by atoms with Gasteiger partial charge in [-0.05, 0) is 42.3 Å². The molecule has 2 aromatic rings. The van der Waals surface area contributed by atoms with Crippen molar-refractivity contribution in [2.75, 3.05) is 49.6 Å². The fraction of sp³-hybridized carbons (Fsp3) is 0.333. The number of benzene rings is 2. The van der Waals surface area contributed by atoms with E-state index in [2.05, 4.69) is 18.2 Å². The molecule has 1 aliphatic rings. The maximum atomic E-state index is 12.8. The first-order valence-corrected chi connectivity index (χ1v) is 10.1. The number of hydrogen-bond donors (Lipinski definition) is 1. The first-order chi connectivity index (χ1) is 14.6. The van der Waals surface area contributed by atoms with Gasteiger partial charge in [-0.25, -0.2) is 0 Å². The zero-order valence-corrected chi connectivity index (χ0v) is 17.3. The maximum Gasteiger partial charge on any atom is 0.243 e. The minimum Gasteiger partial charge on any atom is -0.378 e. The monoisotopic (exact) mass is 405 g/mol. The van der Waals surface area contributed by atoms with Gasteiger partial charge in [0.1, 0.15) is 0 Å². The van der Waals surface area contributed by atoms with Crippen LogP contribution in [-0.2, 0) is 20.7 Å². The third-order valence-electron chi connectivity index (χ3n) is 5.02. The molecule has 30 heavy (non-hydrogen) atoms. The minimum absolute atomic E-state index is 0.0369. The van der Waals surface area contributed by atoms with Gasteiger partial charge in [-0.3, -0.25) is 9.59 Å². The number of nitrogens with one attached hydrogen (secondary N) is 1. The summed E-state index contributed by atoms with van der Waals surface area (Å²) in [6.07, 6.45) is 6.42. The molecule has 6 heteroatoms. The van der Waals surface area contributed by atoms with Crippen molar-refractivity contribution in [2.45, 2.75) is 13.3 Å². The van der Waals surface area contributed by atoms with Crippen LogP contribution in [0.2, 0.25) is 0 Å². The van der Waals surface area contributed by atoms with Crippen molar-refractivity contribution in [3.05, 3.63) is 59.7 Å². The molecule has 0 bridgehead atoms. The van der Waals surface area contributed by atoms with Crippen molar-refractivity contribution in [1.82, 2.24) is 4.90 Å². The fourth-order valence-electron chi connectivity index (χ4n) is 3.35. The molecule has 1 N–H and O–H groups in total. The van der Waals surface area contributed by atoms with Crippen LogP contribution in [-0.4, -0.2) is 56.1 Å². The number of nitrogens with zero attached hydrogens (tertiary/aromatic N) is 2. The van der Waals surface area contributed by atoms with E-state index in [0.717, 1.165) is 23.4 Å². The minimum atomic E-state index is -0.191. The van der Waals surface area contributed by atoms with Crippen molar-refractivity contribution in [1.29, 1.82) is 0 Å². The molecule has 1 fully saturated rings. The molecular weight excluding hydrogens is 378 g/mol. The lowest BCUT2D eigenvalue weighted by molar-refractivity contribution is -0.133. The van der Waals surface area contributed by atoms with E-state index >= 15 is 0 Å². The zero-order valence-electron chi connectivity index (χ0n) is 17.3. The number of aryl methyl sites for hydroxylation is 1. The standard InChI is InChI=1S/C24H27N3O3/c1-3-19-7-5-9-21(15-19)25-23(28)17-27(22-10-6-8-20(4-2)16-22)18-24(29)26-11-13-30-14-12-26/h2,5-10,15-16H,3,11-14,17-18H2,1H3,(H,25,28). The molecule has 0 spiro atoms. The van der Waals surface area contributed by atoms with Crippen LogP contribution >= 0.6 is 0 Å². The van der Waals surface area contributed by atoms with Gasteiger partial charge in [0.25, 0.3) is 0 Å². The highest BCUT2D eigenvalue weighted by Crippen LogP contribution is 2.17. The van der Waals surface area contributed by atoms with Gasteiger partial charge in [0, 0.05) is 30.0 Å². The molecule has 0 unspecified atom stereocenters. The Kier molecular flexibility index (Phi) is 7.47. The quantitative estimate of drug-likeness (QED) is 0.719. The molecule has 0 atom stereocenters. The Morgan fingerprint density at radius 3 is 2.63 bits per heavy atom. The lowest BCUT2D eigenvalue weighted by Crippen LogP contribution is -2.47. The summed E-state index contributed by atoms with van der Waals surface area (Å²) < 4.78 is 5.33. The summed E-state index contributed by atoms with van der Waals surface area (Å²) in [4.78, 5) is 29.1. The van der Waals surface area contributed by atoms with Crippen LogP contribution in [0.4, 0.5) is 11.4 Å². The van der Waals surface area contributed by atoms with E-state index in [-0.39, 0.29) is 24.9 Å². The molecule has 1 heterocycles. The molecule has 0 aromatic heterocycles. The van der Waals surface area contributed by atoms with Gasteiger partial charge in [-0.1, -0.05) is 31.0 Å². The van der Waals surface area contributed by atoms with E-state index in [1.54, 1.807) is 9.80 Å². The topological polar surface area (TPSA) is 61.9 Å². The molecule has 1 aliphatic heterocycles. The van der Waals surface area contributed by atoms with Crippen LogP contribution in [0.1, 0.15) is 18.1 Å². The first kappa shape index (κ1) is 21.4. The maximum absolute atomic E-state index is 12.8. The molecule has 156 valence electrons. The third kappa shape index (κ3) is 5.85. The van der Waals surface area contributed by atoms with Crippen molar-refractivity contribution in [3.8, 4) is 12.3 Å². The van der Waals surface area contributed by atoms with Gasteiger partial charge >= 0.3 is 0 Å². The van der Waals surface area contributed by atoms with E-state index < -0.39 is 0 Å². The average Bonchev–Trinajstić information content (AvgIpc) is 2.79. The number of anilines is 2. The number of amides is 2. The summed E-state index contributed by atoms with van der Waals surface area (Å²) in [5.74, 6) is 2.38. The van der Waals surface area contributed by atoms with Gasteiger partial charge in [0.05, 0.1) is 26.3 Å². The van der Waals surface area contributed by atoms with Gasteiger partial charge in [-0.15, -0.1) is 6.42 Å². The highest BCUT2D eigenvalue weighted by molar-refractivity contribution is 5.95. The summed E-state index contributed by atoms with van der Waals surface area (Å²) in [6, 6.07) is 15.1. The van der Waals surface area contributed by atoms with Gasteiger partial charge in [-0.2, -0.15) is 0 Å². The van der Waals surface area contributed by atoms with Gasteiger partial charge in [0.15, 0.2) is 0 Å². The molecule has 3 rings (SSSR count). The number of rotatable bonds is 7. The predicted molar refractivity (Wildman–Crippen MR) is 118 cm³/mol. The SMILES string of the molecule is C#Cc1cccc(N(CC(=O)Nc2cccc(CC)c2)CC(=O)N2CCOCC2)c1. The molecule has 2 amide bonds. The summed E-state index contributed by atoms with van der Waals surface area (Å²) in [6.45, 7) is 4.40. The van der Waals surface area contributed by atoms with E-state index in [1.165, 1.54) is 0 Å². The molecule has 0 aliphatic carbocycles. The number of ether oxygens (including phenoxy) is 1. The summed E-state index contributed by atoms with van der Waals surface area (Å²) in [5, 5.41) is 2.93. The Bertz CT molecular complexity index is 929. The van der Waals surface area contributed by atoms with Crippen LogP contribution in [0.15, 0.2) is 48.5 Å². The summed E-state index contributed by atoms with van der Waals surface area (Å²) in [7, 11) is 0. The summed E-state index contributed by atoms with van der Waals surface area (Å²) >= 11 is 0. The second kappa shape index (κ2) is 10.5. The normalized spacial score (nSPS) is 13.4. The predicted octanol–water partition coefficient (Wildman–Crippen LogP) is 2.53. The Labute approximate surface area is 177 Å². The van der Waals surface area contributed by atoms with E-state index in [1.807, 2.05) is 48.5 Å². The molecule has 0 radical (unpaired) electrons. The number of carbonyl (C=O) groups excluding carboxylic acids is 2. The third-order valence-corrected chi connectivity index (χ3v) is 5.02. The number of terminal acetylenes is 1. The molecular formula is C24H27N3O3. The van der Waals surface area contributed by atoms with Crippen LogP contribution in [0.25, 0.3) is 0 Å². The van der Waals surface area contributed by atoms with Crippen LogP contribution in [0.5, 0.6) is 0 Å². The second-order valence-corrected chi connectivity index (χ2v) is 7.15. The Balaban J connectivity index is 1.74. The van der Waals surface area contributed by atoms with Crippen molar-refractivity contribution >= 4 is 23.2 Å². The zero-order chi connectivity index (χ0) is 21.3. The molecule has 2 aromatic carbocycles. The molecule has 1 saturated heterocycles. The smallest absolute Gasteiger partial charge is 0.243 e. The first-order valence-electron chi connectivity index (χ1n) is 10.1. The fourth-order valence-corrected chi connectivity index (χ4v) is 3.35. The lowest BCUT2D eigenvalue weighted by Gasteiger charge is -2.30. The van der Waals surface area contributed by atoms with Gasteiger partial charge in [0.2, 0.25) is 11.8 Å². The van der Waals surface area contributed by atoms with Crippen molar-refractivity contribution < 1.29 is 14.3 Å². The van der Waals surface area contributed by atoms with Crippen LogP contribution < -0.4 is 10.2 Å². The average molecular weight is 405 g/mol. The second-order valence-electron chi connectivity index (χ2n) is 7.15. The van der Waals surface area contributed by atoms with E-state index in [9.17, 15) is 9.59 Å². The highest BCUT2D eigenvalue weighted by atomic mass is 16.5. The van der Waals surface area contributed by atoms with Crippen molar-refractivity contribution in [3.63, 3.8) is 0 Å². The molecule has 6 nitrogen and oxygen atoms in total. The number of hydrogen-bond acceptors (Lipinski definition) is 4.